The monoisotopic (exact) mass is 641 g/mol. The molecule has 0 atom stereocenters. The lowest BCUT2D eigenvalue weighted by atomic mass is 9.80. The van der Waals surface area contributed by atoms with Crippen molar-refractivity contribution < 1.29 is 23.9 Å². The number of hydrogen-bond donors (Lipinski definition) is 4. The average molecular weight is 643 g/mol. The Balaban J connectivity index is 0.00000462. The number of likely N-dealkylation sites (tertiary alicyclic amines) is 1. The maximum atomic E-state index is 12.7. The number of nitrogens with one attached hydrogen (secondary N) is 4. The number of esters is 2. The fourth-order valence-corrected chi connectivity index (χ4v) is 5.50. The summed E-state index contributed by atoms with van der Waals surface area (Å²) in [6, 6.07) is 7.44. The second-order valence-corrected chi connectivity index (χ2v) is 11.2. The smallest absolute Gasteiger partial charge is 0.336 e. The van der Waals surface area contributed by atoms with Gasteiger partial charge in [0.15, 0.2) is 0 Å². The van der Waals surface area contributed by atoms with E-state index in [9.17, 15) is 14.4 Å². The van der Waals surface area contributed by atoms with Gasteiger partial charge in [-0.05, 0) is 89.3 Å². The molecule has 0 spiro atoms. The molecule has 0 radical (unpaired) electrons. The molecule has 0 aliphatic carbocycles. The van der Waals surface area contributed by atoms with Crippen molar-refractivity contribution in [3.8, 4) is 0 Å². The number of ether oxygens (including phenoxy) is 2. The molecule has 2 amide bonds. The summed E-state index contributed by atoms with van der Waals surface area (Å²) in [6.07, 6.45) is 4.41. The van der Waals surface area contributed by atoms with E-state index in [1.165, 1.54) is 20.6 Å². The highest BCUT2D eigenvalue weighted by molar-refractivity contribution is 6.00. The van der Waals surface area contributed by atoms with Crippen LogP contribution in [-0.2, 0) is 19.1 Å². The van der Waals surface area contributed by atoms with Crippen molar-refractivity contribution in [3.05, 3.63) is 52.4 Å². The van der Waals surface area contributed by atoms with Gasteiger partial charge in [0.05, 0.1) is 31.3 Å². The molecule has 4 N–H and O–H groups in total. The summed E-state index contributed by atoms with van der Waals surface area (Å²) in [6.45, 7) is 12.8. The molecule has 43 heavy (non-hydrogen) atoms. The lowest BCUT2D eigenvalue weighted by Crippen LogP contribution is -2.43. The van der Waals surface area contributed by atoms with E-state index in [0.717, 1.165) is 51.4 Å². The Bertz CT molecular complexity index is 1110. The molecule has 1 fully saturated rings. The molecule has 0 aromatic heterocycles. The number of benzene rings is 1. The molecule has 1 aromatic rings. The van der Waals surface area contributed by atoms with E-state index in [1.54, 1.807) is 32.0 Å². The van der Waals surface area contributed by atoms with Crippen LogP contribution in [0.3, 0.4) is 0 Å². The Morgan fingerprint density at radius 2 is 1.58 bits per heavy atom. The van der Waals surface area contributed by atoms with Crippen molar-refractivity contribution in [2.24, 2.45) is 5.92 Å². The van der Waals surface area contributed by atoms with Crippen LogP contribution < -0.4 is 21.3 Å². The van der Waals surface area contributed by atoms with Crippen molar-refractivity contribution in [2.45, 2.75) is 65.3 Å². The summed E-state index contributed by atoms with van der Waals surface area (Å²) in [7, 11) is 2.61. The largest absolute Gasteiger partial charge is 0.466 e. The maximum absolute atomic E-state index is 12.7. The number of anilines is 1. The number of hydrogen-bond acceptors (Lipinski definition) is 8. The van der Waals surface area contributed by atoms with Gasteiger partial charge in [0.25, 0.3) is 0 Å². The standard InChI is InChI=1S/C31H47N5O5.2ClH/c1-20(2)11-15-32-24-12-17-36(18-13-24)16-8-14-33-31(39)35-25-10-7-9-23(19-25)28-26(29(37)40-5)21(3)34-22(4)27(28)30(38)41-6;;/h7,9-10,19-20,24,28,32,34H,8,11-18H2,1-6H3,(H2,33,35,39);2*1H. The number of nitrogens with zero attached hydrogens (tertiary/aromatic N) is 1. The fourth-order valence-electron chi connectivity index (χ4n) is 5.50. The van der Waals surface area contributed by atoms with Gasteiger partial charge in [-0.3, -0.25) is 0 Å². The van der Waals surface area contributed by atoms with Crippen LogP contribution >= 0.6 is 24.8 Å². The van der Waals surface area contributed by atoms with Gasteiger partial charge < -0.3 is 35.6 Å². The minimum Gasteiger partial charge on any atom is -0.466 e. The molecule has 10 nitrogen and oxygen atoms in total. The number of amides is 2. The zero-order chi connectivity index (χ0) is 29.9. The third-order valence-corrected chi connectivity index (χ3v) is 7.73. The predicted molar refractivity (Wildman–Crippen MR) is 175 cm³/mol. The number of carbonyl (C=O) groups is 3. The van der Waals surface area contributed by atoms with Crippen molar-refractivity contribution in [3.63, 3.8) is 0 Å². The number of rotatable bonds is 12. The van der Waals surface area contributed by atoms with Gasteiger partial charge in [-0.2, -0.15) is 0 Å². The first-order chi connectivity index (χ1) is 19.6. The highest BCUT2D eigenvalue weighted by Crippen LogP contribution is 2.39. The summed E-state index contributed by atoms with van der Waals surface area (Å²) >= 11 is 0. The van der Waals surface area contributed by atoms with Crippen molar-refractivity contribution in [1.82, 2.24) is 20.9 Å². The summed E-state index contributed by atoms with van der Waals surface area (Å²) in [5, 5.41) is 12.6. The molecule has 3 rings (SSSR count). The molecule has 0 unspecified atom stereocenters. The zero-order valence-corrected chi connectivity index (χ0v) is 27.8. The first-order valence-electron chi connectivity index (χ1n) is 14.6. The van der Waals surface area contributed by atoms with E-state index < -0.39 is 17.9 Å². The second-order valence-electron chi connectivity index (χ2n) is 11.2. The molecular formula is C31H49Cl2N5O5. The van der Waals surface area contributed by atoms with Gasteiger partial charge in [0.2, 0.25) is 0 Å². The number of piperidine rings is 1. The number of dihydropyridines is 1. The van der Waals surface area contributed by atoms with Crippen LogP contribution in [0.1, 0.15) is 64.9 Å². The summed E-state index contributed by atoms with van der Waals surface area (Å²) in [4.78, 5) is 40.6. The zero-order valence-electron chi connectivity index (χ0n) is 26.2. The molecule has 242 valence electrons. The fraction of sp³-hybridized carbons (Fsp3) is 0.581. The van der Waals surface area contributed by atoms with E-state index in [4.69, 9.17) is 9.47 Å². The number of allylic oxidation sites excluding steroid dienone is 2. The SMILES string of the molecule is COC(=O)C1=C(C)NC(C)=C(C(=O)OC)C1c1cccc(NC(=O)NCCCN2CCC(NCCC(C)C)CC2)c1.Cl.Cl. The number of halogens is 2. The van der Waals surface area contributed by atoms with Crippen molar-refractivity contribution >= 4 is 48.5 Å². The molecule has 0 bridgehead atoms. The predicted octanol–water partition coefficient (Wildman–Crippen LogP) is 4.72. The first kappa shape index (κ1) is 38.2. The molecule has 2 aliphatic rings. The van der Waals surface area contributed by atoms with Crippen LogP contribution in [0.2, 0.25) is 0 Å². The van der Waals surface area contributed by atoms with Crippen LogP contribution in [0.4, 0.5) is 10.5 Å². The van der Waals surface area contributed by atoms with Crippen LogP contribution in [-0.4, -0.2) is 75.9 Å². The van der Waals surface area contributed by atoms with Crippen molar-refractivity contribution in [1.29, 1.82) is 0 Å². The maximum Gasteiger partial charge on any atom is 0.336 e. The Morgan fingerprint density at radius 1 is 0.977 bits per heavy atom. The quantitative estimate of drug-likeness (QED) is 0.191. The van der Waals surface area contributed by atoms with E-state index in [-0.39, 0.29) is 30.8 Å². The molecule has 1 aromatic carbocycles. The van der Waals surface area contributed by atoms with E-state index >= 15 is 0 Å². The van der Waals surface area contributed by atoms with Crippen LogP contribution in [0, 0.1) is 5.92 Å². The molecule has 2 aliphatic heterocycles. The Labute approximate surface area is 268 Å². The third-order valence-electron chi connectivity index (χ3n) is 7.73. The first-order valence-corrected chi connectivity index (χ1v) is 14.6. The van der Waals surface area contributed by atoms with Gasteiger partial charge >= 0.3 is 18.0 Å². The lowest BCUT2D eigenvalue weighted by molar-refractivity contribution is -0.137. The van der Waals surface area contributed by atoms with Crippen LogP contribution in [0.5, 0.6) is 0 Å². The number of carbonyl (C=O) groups excluding carboxylic acids is 3. The Morgan fingerprint density at radius 3 is 2.14 bits per heavy atom. The number of urea groups is 1. The Kier molecular flexibility index (Phi) is 16.7. The summed E-state index contributed by atoms with van der Waals surface area (Å²) in [5.74, 6) is -1.07. The molecular weight excluding hydrogens is 593 g/mol. The van der Waals surface area contributed by atoms with E-state index in [0.29, 0.717) is 46.4 Å². The minimum absolute atomic E-state index is 0. The minimum atomic E-state index is -0.712. The molecule has 1 saturated heterocycles. The summed E-state index contributed by atoms with van der Waals surface area (Å²) < 4.78 is 10.1. The number of methoxy groups -OCH3 is 2. The topological polar surface area (TPSA) is 121 Å². The highest BCUT2D eigenvalue weighted by atomic mass is 35.5. The van der Waals surface area contributed by atoms with Crippen LogP contribution in [0.15, 0.2) is 46.8 Å². The van der Waals surface area contributed by atoms with Crippen LogP contribution in [0.25, 0.3) is 0 Å². The third kappa shape index (κ3) is 11.0. The molecule has 12 heteroatoms. The second kappa shape index (κ2) is 18.8. The van der Waals surface area contributed by atoms with Gasteiger partial charge in [-0.15, -0.1) is 24.8 Å². The van der Waals surface area contributed by atoms with Crippen molar-refractivity contribution in [2.75, 3.05) is 52.3 Å². The highest BCUT2D eigenvalue weighted by Gasteiger charge is 2.37. The van der Waals surface area contributed by atoms with Gasteiger partial charge in [0, 0.05) is 29.7 Å². The average Bonchev–Trinajstić information content (AvgIpc) is 2.95. The molecule has 2 heterocycles. The molecule has 0 saturated carbocycles. The normalized spacial score (nSPS) is 16.2. The van der Waals surface area contributed by atoms with Gasteiger partial charge in [-0.25, -0.2) is 14.4 Å². The Hall–Kier alpha value is -2.79. The van der Waals surface area contributed by atoms with Gasteiger partial charge in [0.1, 0.15) is 0 Å². The van der Waals surface area contributed by atoms with E-state index in [1.807, 2.05) is 6.07 Å². The van der Waals surface area contributed by atoms with E-state index in [2.05, 4.69) is 40.0 Å². The lowest BCUT2D eigenvalue weighted by Gasteiger charge is -2.32. The van der Waals surface area contributed by atoms with Gasteiger partial charge in [-0.1, -0.05) is 26.0 Å². The summed E-state index contributed by atoms with van der Waals surface area (Å²) in [5.41, 5.74) is 3.02.